The molecule has 2 heterocycles. The Morgan fingerprint density at radius 1 is 1.41 bits per heavy atom. The zero-order valence-electron chi connectivity index (χ0n) is 10.8. The summed E-state index contributed by atoms with van der Waals surface area (Å²) in [5.74, 6) is 0. The second-order valence-corrected chi connectivity index (χ2v) is 4.69. The monoisotopic (exact) mass is 232 g/mol. The number of hydrogen-bond donors (Lipinski definition) is 1. The fraction of sp³-hybridized carbons (Fsp3) is 0.538. The van der Waals surface area contributed by atoms with Gasteiger partial charge in [0.1, 0.15) is 0 Å². The normalized spacial score (nSPS) is 11.5. The molecule has 0 unspecified atom stereocenters. The summed E-state index contributed by atoms with van der Waals surface area (Å²) in [5, 5.41) is 7.89. The van der Waals surface area contributed by atoms with Crippen molar-refractivity contribution in [2.75, 3.05) is 0 Å². The lowest BCUT2D eigenvalue weighted by molar-refractivity contribution is 0.585. The molecule has 0 aliphatic heterocycles. The Morgan fingerprint density at radius 3 is 2.94 bits per heavy atom. The molecule has 2 rings (SSSR count). The predicted octanol–water partition coefficient (Wildman–Crippen LogP) is 2.18. The highest BCUT2D eigenvalue weighted by molar-refractivity contribution is 5.39. The van der Waals surface area contributed by atoms with Crippen LogP contribution in [0, 0.1) is 0 Å². The molecule has 2 aromatic rings. The summed E-state index contributed by atoms with van der Waals surface area (Å²) in [6.45, 7) is 7.28. The van der Waals surface area contributed by atoms with E-state index in [0.29, 0.717) is 6.04 Å². The highest BCUT2D eigenvalue weighted by Crippen LogP contribution is 2.07. The van der Waals surface area contributed by atoms with Crippen molar-refractivity contribution >= 4 is 5.65 Å². The molecule has 0 aromatic carbocycles. The van der Waals surface area contributed by atoms with Crippen LogP contribution in [-0.4, -0.2) is 20.6 Å². The maximum absolute atomic E-state index is 4.52. The summed E-state index contributed by atoms with van der Waals surface area (Å²) < 4.78 is 1.88. The molecular formula is C13H20N4. The van der Waals surface area contributed by atoms with E-state index in [9.17, 15) is 0 Å². The number of fused-ring (bicyclic) bond motifs is 1. The minimum Gasteiger partial charge on any atom is -0.310 e. The lowest BCUT2D eigenvalue weighted by atomic mass is 10.2. The van der Waals surface area contributed by atoms with E-state index in [1.807, 2.05) is 10.7 Å². The minimum atomic E-state index is 0.485. The van der Waals surface area contributed by atoms with E-state index in [4.69, 9.17) is 0 Å². The molecular weight excluding hydrogens is 212 g/mol. The van der Waals surface area contributed by atoms with Gasteiger partial charge in [-0.1, -0.05) is 27.2 Å². The van der Waals surface area contributed by atoms with Crippen molar-refractivity contribution in [1.29, 1.82) is 0 Å². The van der Waals surface area contributed by atoms with E-state index in [-0.39, 0.29) is 0 Å². The third kappa shape index (κ3) is 3.03. The highest BCUT2D eigenvalue weighted by atomic mass is 15.2. The third-order valence-corrected chi connectivity index (χ3v) is 2.64. The van der Waals surface area contributed by atoms with Crippen molar-refractivity contribution < 1.29 is 0 Å². The average molecular weight is 232 g/mol. The van der Waals surface area contributed by atoms with E-state index in [1.165, 1.54) is 0 Å². The van der Waals surface area contributed by atoms with Gasteiger partial charge in [-0.3, -0.25) is 0 Å². The maximum Gasteiger partial charge on any atom is 0.155 e. The summed E-state index contributed by atoms with van der Waals surface area (Å²) in [6, 6.07) is 2.54. The van der Waals surface area contributed by atoms with Crippen molar-refractivity contribution in [3.63, 3.8) is 0 Å². The molecule has 0 amide bonds. The molecule has 2 aromatic heterocycles. The molecule has 0 atom stereocenters. The summed E-state index contributed by atoms with van der Waals surface area (Å²) in [4.78, 5) is 4.42. The lowest BCUT2D eigenvalue weighted by Crippen LogP contribution is -2.22. The topological polar surface area (TPSA) is 42.2 Å². The first-order valence-electron chi connectivity index (χ1n) is 6.25. The molecule has 92 valence electrons. The van der Waals surface area contributed by atoms with E-state index in [0.717, 1.165) is 36.3 Å². The van der Waals surface area contributed by atoms with Gasteiger partial charge in [0, 0.05) is 36.6 Å². The Labute approximate surface area is 102 Å². The van der Waals surface area contributed by atoms with Gasteiger partial charge in [-0.15, -0.1) is 0 Å². The van der Waals surface area contributed by atoms with Crippen molar-refractivity contribution in [3.8, 4) is 0 Å². The van der Waals surface area contributed by atoms with Gasteiger partial charge in [0.25, 0.3) is 0 Å². The number of nitrogens with one attached hydrogen (secondary N) is 1. The Balaban J connectivity index is 2.18. The molecule has 0 saturated carbocycles. The van der Waals surface area contributed by atoms with Crippen LogP contribution in [-0.2, 0) is 13.0 Å². The van der Waals surface area contributed by atoms with Gasteiger partial charge < -0.3 is 5.32 Å². The van der Waals surface area contributed by atoms with Crippen molar-refractivity contribution in [1.82, 2.24) is 19.9 Å². The number of aryl methyl sites for hydroxylation is 1. The number of nitrogens with zero attached hydrogens (tertiary/aromatic N) is 3. The fourth-order valence-electron chi connectivity index (χ4n) is 1.76. The largest absolute Gasteiger partial charge is 0.310 e. The molecule has 0 radical (unpaired) electrons. The second kappa shape index (κ2) is 5.27. The molecule has 1 N–H and O–H groups in total. The quantitative estimate of drug-likeness (QED) is 0.859. The number of hydrogen-bond acceptors (Lipinski definition) is 3. The van der Waals surface area contributed by atoms with Crippen LogP contribution in [0.2, 0.25) is 0 Å². The zero-order valence-corrected chi connectivity index (χ0v) is 10.8. The molecule has 4 nitrogen and oxygen atoms in total. The van der Waals surface area contributed by atoms with E-state index in [1.54, 1.807) is 0 Å². The van der Waals surface area contributed by atoms with Gasteiger partial charge in [0.05, 0.1) is 5.69 Å². The van der Waals surface area contributed by atoms with Crippen LogP contribution in [0.4, 0.5) is 0 Å². The van der Waals surface area contributed by atoms with Crippen LogP contribution in [0.25, 0.3) is 5.65 Å². The first-order valence-corrected chi connectivity index (χ1v) is 6.25. The molecule has 4 heteroatoms. The minimum absolute atomic E-state index is 0.485. The Morgan fingerprint density at radius 2 is 2.24 bits per heavy atom. The Kier molecular flexibility index (Phi) is 3.74. The molecule has 0 aliphatic carbocycles. The van der Waals surface area contributed by atoms with Crippen LogP contribution in [0.1, 0.15) is 38.4 Å². The first-order chi connectivity index (χ1) is 8.19. The summed E-state index contributed by atoms with van der Waals surface area (Å²) in [5.41, 5.74) is 3.22. The predicted molar refractivity (Wildman–Crippen MR) is 69.0 cm³/mol. The molecule has 0 fully saturated rings. The van der Waals surface area contributed by atoms with Gasteiger partial charge in [0.2, 0.25) is 0 Å². The molecule has 0 spiro atoms. The van der Waals surface area contributed by atoms with E-state index in [2.05, 4.69) is 48.4 Å². The third-order valence-electron chi connectivity index (χ3n) is 2.64. The average Bonchev–Trinajstić information content (AvgIpc) is 2.68. The molecule has 0 bridgehead atoms. The van der Waals surface area contributed by atoms with Crippen molar-refractivity contribution in [2.24, 2.45) is 0 Å². The number of rotatable bonds is 5. The van der Waals surface area contributed by atoms with Gasteiger partial charge in [-0.25, -0.2) is 9.50 Å². The second-order valence-electron chi connectivity index (χ2n) is 4.69. The van der Waals surface area contributed by atoms with Crippen LogP contribution in [0.5, 0.6) is 0 Å². The van der Waals surface area contributed by atoms with Crippen molar-refractivity contribution in [3.05, 3.63) is 29.7 Å². The van der Waals surface area contributed by atoms with Gasteiger partial charge in [-0.2, -0.15) is 5.10 Å². The smallest absolute Gasteiger partial charge is 0.155 e. The highest BCUT2D eigenvalue weighted by Gasteiger charge is 2.03. The Hall–Kier alpha value is -1.42. The zero-order chi connectivity index (χ0) is 12.3. The maximum atomic E-state index is 4.52. The van der Waals surface area contributed by atoms with E-state index >= 15 is 0 Å². The lowest BCUT2D eigenvalue weighted by Gasteiger charge is -2.07. The summed E-state index contributed by atoms with van der Waals surface area (Å²) in [6.07, 6.45) is 6.10. The van der Waals surface area contributed by atoms with Crippen LogP contribution < -0.4 is 5.32 Å². The first kappa shape index (κ1) is 12.0. The number of aromatic nitrogens is 3. The van der Waals surface area contributed by atoms with Gasteiger partial charge in [-0.05, 0) is 6.42 Å². The fourth-order valence-corrected chi connectivity index (χ4v) is 1.76. The van der Waals surface area contributed by atoms with Gasteiger partial charge in [0.15, 0.2) is 5.65 Å². The SMILES string of the molecule is CCCc1cc2ncc(CNC(C)C)cn2n1. The molecule has 0 saturated heterocycles. The van der Waals surface area contributed by atoms with Crippen LogP contribution in [0.15, 0.2) is 18.5 Å². The Bertz CT molecular complexity index is 487. The summed E-state index contributed by atoms with van der Waals surface area (Å²) >= 11 is 0. The van der Waals surface area contributed by atoms with Crippen LogP contribution >= 0.6 is 0 Å². The van der Waals surface area contributed by atoms with Crippen molar-refractivity contribution in [2.45, 2.75) is 46.2 Å². The van der Waals surface area contributed by atoms with E-state index < -0.39 is 0 Å². The van der Waals surface area contributed by atoms with Gasteiger partial charge >= 0.3 is 0 Å². The van der Waals surface area contributed by atoms with Crippen LogP contribution in [0.3, 0.4) is 0 Å². The molecule has 17 heavy (non-hydrogen) atoms. The molecule has 0 aliphatic rings. The standard InChI is InChI=1S/C13H20N4/c1-4-5-12-6-13-15-8-11(7-14-10(2)3)9-17(13)16-12/h6,8-10,14H,4-5,7H2,1-3H3. The summed E-state index contributed by atoms with van der Waals surface area (Å²) in [7, 11) is 0.